The third-order valence-electron chi connectivity index (χ3n) is 4.63. The zero-order valence-corrected chi connectivity index (χ0v) is 16.4. The zero-order valence-electron chi connectivity index (χ0n) is 15.6. The van der Waals surface area contributed by atoms with E-state index in [9.17, 15) is 13.2 Å². The van der Waals surface area contributed by atoms with Crippen LogP contribution in [0.5, 0.6) is 0 Å². The molecule has 1 saturated heterocycles. The molecule has 0 saturated carbocycles. The standard InChI is InChI=1S/C19H30N2O3S/c1-4-12-21(13-5-2)25(23,24)18-10-8-17(9-11-18)19(22)20-14-6-7-16(3)15-20/h8-11,16H,4-7,12-15H2,1-3H3. The van der Waals surface area contributed by atoms with Crippen molar-refractivity contribution in [2.24, 2.45) is 5.92 Å². The summed E-state index contributed by atoms with van der Waals surface area (Å²) in [5, 5.41) is 0. The second-order valence-corrected chi connectivity index (χ2v) is 8.86. The topological polar surface area (TPSA) is 57.7 Å². The van der Waals surface area contributed by atoms with E-state index in [1.54, 1.807) is 24.3 Å². The van der Waals surface area contributed by atoms with Crippen molar-refractivity contribution >= 4 is 15.9 Å². The molecule has 1 heterocycles. The lowest BCUT2D eigenvalue weighted by atomic mass is 9.99. The Morgan fingerprint density at radius 3 is 2.28 bits per heavy atom. The number of nitrogens with zero attached hydrogens (tertiary/aromatic N) is 2. The normalized spacial score (nSPS) is 18.6. The van der Waals surface area contributed by atoms with Gasteiger partial charge in [0.1, 0.15) is 0 Å². The number of hydrogen-bond donors (Lipinski definition) is 0. The summed E-state index contributed by atoms with van der Waals surface area (Å²) in [6, 6.07) is 6.41. The molecular weight excluding hydrogens is 336 g/mol. The van der Waals surface area contributed by atoms with Gasteiger partial charge in [0.05, 0.1) is 4.90 Å². The van der Waals surface area contributed by atoms with Gasteiger partial charge in [-0.25, -0.2) is 8.42 Å². The zero-order chi connectivity index (χ0) is 18.4. The summed E-state index contributed by atoms with van der Waals surface area (Å²) in [7, 11) is -3.49. The van der Waals surface area contributed by atoms with Crippen LogP contribution in [0.2, 0.25) is 0 Å². The summed E-state index contributed by atoms with van der Waals surface area (Å²) in [6.45, 7) is 8.69. The molecule has 1 aliphatic rings. The molecule has 0 aliphatic carbocycles. The quantitative estimate of drug-likeness (QED) is 0.743. The smallest absolute Gasteiger partial charge is 0.253 e. The van der Waals surface area contributed by atoms with Crippen LogP contribution in [0, 0.1) is 5.92 Å². The Kier molecular flexibility index (Phi) is 7.02. The van der Waals surface area contributed by atoms with Gasteiger partial charge in [-0.3, -0.25) is 4.79 Å². The number of amides is 1. The van der Waals surface area contributed by atoms with E-state index in [-0.39, 0.29) is 10.8 Å². The van der Waals surface area contributed by atoms with Gasteiger partial charge >= 0.3 is 0 Å². The second kappa shape index (κ2) is 8.81. The second-order valence-electron chi connectivity index (χ2n) is 6.93. The Labute approximate surface area is 152 Å². The summed E-state index contributed by atoms with van der Waals surface area (Å²) in [4.78, 5) is 14.7. The van der Waals surface area contributed by atoms with Crippen molar-refractivity contribution in [2.75, 3.05) is 26.2 Å². The number of rotatable bonds is 7. The van der Waals surface area contributed by atoms with Gasteiger partial charge in [0.2, 0.25) is 10.0 Å². The van der Waals surface area contributed by atoms with Gasteiger partial charge < -0.3 is 4.90 Å². The van der Waals surface area contributed by atoms with Crippen molar-refractivity contribution in [1.29, 1.82) is 0 Å². The summed E-state index contributed by atoms with van der Waals surface area (Å²) >= 11 is 0. The molecule has 6 heteroatoms. The van der Waals surface area contributed by atoms with Gasteiger partial charge in [0, 0.05) is 31.7 Å². The molecule has 1 aromatic rings. The fourth-order valence-electron chi connectivity index (χ4n) is 3.33. The van der Waals surface area contributed by atoms with Gasteiger partial charge in [-0.2, -0.15) is 4.31 Å². The summed E-state index contributed by atoms with van der Waals surface area (Å²) in [5.74, 6) is 0.517. The molecule has 1 amide bonds. The first-order chi connectivity index (χ1) is 11.9. The molecule has 0 N–H and O–H groups in total. The molecule has 5 nitrogen and oxygen atoms in total. The fraction of sp³-hybridized carbons (Fsp3) is 0.632. The van der Waals surface area contributed by atoms with Crippen LogP contribution in [0.1, 0.15) is 56.8 Å². The molecule has 0 aromatic heterocycles. The highest BCUT2D eigenvalue weighted by molar-refractivity contribution is 7.89. The molecule has 1 fully saturated rings. The fourth-order valence-corrected chi connectivity index (χ4v) is 4.95. The van der Waals surface area contributed by atoms with Crippen molar-refractivity contribution in [3.05, 3.63) is 29.8 Å². The minimum absolute atomic E-state index is 0.00512. The predicted molar refractivity (Wildman–Crippen MR) is 100 cm³/mol. The van der Waals surface area contributed by atoms with Crippen molar-refractivity contribution in [1.82, 2.24) is 9.21 Å². The Morgan fingerprint density at radius 1 is 1.16 bits per heavy atom. The maximum atomic E-state index is 12.8. The van der Waals surface area contributed by atoms with E-state index < -0.39 is 10.0 Å². The lowest BCUT2D eigenvalue weighted by molar-refractivity contribution is 0.0683. The maximum absolute atomic E-state index is 12.8. The number of likely N-dealkylation sites (tertiary alicyclic amines) is 1. The van der Waals surface area contributed by atoms with Crippen LogP contribution < -0.4 is 0 Å². The summed E-state index contributed by atoms with van der Waals surface area (Å²) < 4.78 is 27.1. The number of benzene rings is 1. The first-order valence-electron chi connectivity index (χ1n) is 9.29. The van der Waals surface area contributed by atoms with E-state index >= 15 is 0 Å². The van der Waals surface area contributed by atoms with E-state index in [2.05, 4.69) is 6.92 Å². The average Bonchev–Trinajstić information content (AvgIpc) is 2.61. The summed E-state index contributed by atoms with van der Waals surface area (Å²) in [6.07, 6.45) is 3.75. The highest BCUT2D eigenvalue weighted by atomic mass is 32.2. The summed E-state index contributed by atoms with van der Waals surface area (Å²) in [5.41, 5.74) is 0.561. The van der Waals surface area contributed by atoms with Crippen LogP contribution in [0.3, 0.4) is 0 Å². The van der Waals surface area contributed by atoms with Crippen LogP contribution in [-0.2, 0) is 10.0 Å². The molecule has 1 aliphatic heterocycles. The Morgan fingerprint density at radius 2 is 1.76 bits per heavy atom. The van der Waals surface area contributed by atoms with Gasteiger partial charge in [0.15, 0.2) is 0 Å². The Bertz CT molecular complexity index is 664. The first kappa shape index (κ1) is 19.9. The monoisotopic (exact) mass is 366 g/mol. The lowest BCUT2D eigenvalue weighted by Crippen LogP contribution is -2.39. The van der Waals surface area contributed by atoms with Crippen LogP contribution in [0.25, 0.3) is 0 Å². The largest absolute Gasteiger partial charge is 0.338 e. The van der Waals surface area contributed by atoms with Crippen molar-refractivity contribution in [3.8, 4) is 0 Å². The van der Waals surface area contributed by atoms with Crippen molar-refractivity contribution in [3.63, 3.8) is 0 Å². The van der Waals surface area contributed by atoms with Gasteiger partial charge in [0.25, 0.3) is 5.91 Å². The van der Waals surface area contributed by atoms with Gasteiger partial charge in [-0.15, -0.1) is 0 Å². The van der Waals surface area contributed by atoms with E-state index in [0.717, 1.165) is 38.8 Å². The molecule has 1 unspecified atom stereocenters. The SMILES string of the molecule is CCCN(CCC)S(=O)(=O)c1ccc(C(=O)N2CCCC(C)C2)cc1. The minimum Gasteiger partial charge on any atom is -0.338 e. The van der Waals surface area contributed by atoms with Crippen LogP contribution in [0.4, 0.5) is 0 Å². The number of carbonyl (C=O) groups excluding carboxylic acids is 1. The molecular formula is C19H30N2O3S. The molecule has 0 radical (unpaired) electrons. The van der Waals surface area contributed by atoms with Crippen molar-refractivity contribution < 1.29 is 13.2 Å². The third-order valence-corrected chi connectivity index (χ3v) is 6.54. The molecule has 1 aromatic carbocycles. The van der Waals surface area contributed by atoms with Crippen molar-refractivity contribution in [2.45, 2.75) is 51.3 Å². The lowest BCUT2D eigenvalue weighted by Gasteiger charge is -2.31. The first-order valence-corrected chi connectivity index (χ1v) is 10.7. The van der Waals surface area contributed by atoms with E-state index in [0.29, 0.717) is 24.6 Å². The Balaban J connectivity index is 2.16. The van der Waals surface area contributed by atoms with E-state index in [1.807, 2.05) is 18.7 Å². The van der Waals surface area contributed by atoms with E-state index in [1.165, 1.54) is 4.31 Å². The molecule has 140 valence electrons. The predicted octanol–water partition coefficient (Wildman–Crippen LogP) is 3.37. The highest BCUT2D eigenvalue weighted by Crippen LogP contribution is 2.20. The number of sulfonamides is 1. The third kappa shape index (κ3) is 4.82. The molecule has 2 rings (SSSR count). The van der Waals surface area contributed by atoms with Crippen LogP contribution in [-0.4, -0.2) is 49.7 Å². The molecule has 0 bridgehead atoms. The molecule has 25 heavy (non-hydrogen) atoms. The Hall–Kier alpha value is -1.40. The number of carbonyl (C=O) groups is 1. The number of hydrogen-bond acceptors (Lipinski definition) is 3. The van der Waals surface area contributed by atoms with Gasteiger partial charge in [-0.05, 0) is 55.9 Å². The highest BCUT2D eigenvalue weighted by Gasteiger charge is 2.25. The van der Waals surface area contributed by atoms with Crippen LogP contribution >= 0.6 is 0 Å². The average molecular weight is 367 g/mol. The van der Waals surface area contributed by atoms with E-state index in [4.69, 9.17) is 0 Å². The number of piperidine rings is 1. The van der Waals surface area contributed by atoms with Crippen LogP contribution in [0.15, 0.2) is 29.2 Å². The maximum Gasteiger partial charge on any atom is 0.253 e. The molecule has 1 atom stereocenters. The minimum atomic E-state index is -3.49. The molecule has 0 spiro atoms. The van der Waals surface area contributed by atoms with Gasteiger partial charge in [-0.1, -0.05) is 20.8 Å².